The number of hydrogen-bond acceptors (Lipinski definition) is 2. The van der Waals surface area contributed by atoms with Crippen molar-refractivity contribution in [3.05, 3.63) is 26.6 Å². The van der Waals surface area contributed by atoms with Gasteiger partial charge >= 0.3 is 12.0 Å². The number of urea groups is 1. The summed E-state index contributed by atoms with van der Waals surface area (Å²) in [7, 11) is 0. The predicted molar refractivity (Wildman–Crippen MR) is 83.9 cm³/mol. The van der Waals surface area contributed by atoms with Crippen LogP contribution in [-0.4, -0.2) is 23.7 Å². The summed E-state index contributed by atoms with van der Waals surface area (Å²) in [5.74, 6) is 1.34. The Morgan fingerprint density at radius 2 is 2.05 bits per heavy atom. The molecule has 1 rings (SSSR count). The molecule has 0 aromatic heterocycles. The van der Waals surface area contributed by atoms with Crippen LogP contribution in [-0.2, 0) is 0 Å². The molecular weight excluding hydrogens is 392 g/mol. The molecule has 0 aliphatic heterocycles. The van der Waals surface area contributed by atoms with Crippen LogP contribution in [0.4, 0.5) is 10.5 Å². The number of unbranched alkanes of at least 4 members (excludes halogenated alkanes) is 1. The van der Waals surface area contributed by atoms with Crippen molar-refractivity contribution in [3.63, 3.8) is 0 Å². The van der Waals surface area contributed by atoms with Gasteiger partial charge in [0.05, 0.1) is 11.3 Å². The van der Waals surface area contributed by atoms with Gasteiger partial charge in [-0.1, -0.05) is 15.9 Å². The molecule has 7 heteroatoms. The third-order valence-corrected chi connectivity index (χ3v) is 3.39. The van der Waals surface area contributed by atoms with Gasteiger partial charge in [-0.05, 0) is 34.5 Å². The first-order chi connectivity index (χ1) is 9.45. The Hall–Kier alpha value is -1.52. The van der Waals surface area contributed by atoms with Crippen LogP contribution in [0.3, 0.4) is 0 Å². The molecular formula is C13H12Br2N2O3. The number of aromatic carboxylic acids is 1. The van der Waals surface area contributed by atoms with E-state index in [1.807, 2.05) is 0 Å². The average molecular weight is 404 g/mol. The Labute approximate surface area is 133 Å². The molecule has 0 fully saturated rings. The number of hydrogen-bond donors (Lipinski definition) is 3. The van der Waals surface area contributed by atoms with Gasteiger partial charge in [-0.3, -0.25) is 0 Å². The lowest BCUT2D eigenvalue weighted by Gasteiger charge is -2.12. The lowest BCUT2D eigenvalue weighted by Crippen LogP contribution is -2.30. The molecule has 1 aromatic rings. The molecule has 0 aliphatic carbocycles. The summed E-state index contributed by atoms with van der Waals surface area (Å²) in [4.78, 5) is 22.9. The predicted octanol–water partition coefficient (Wildman–Crippen LogP) is 3.44. The van der Waals surface area contributed by atoms with E-state index in [1.54, 1.807) is 6.07 Å². The molecule has 0 saturated carbocycles. The summed E-state index contributed by atoms with van der Waals surface area (Å²) in [5.41, 5.74) is 0.195. The number of halogens is 2. The van der Waals surface area contributed by atoms with Gasteiger partial charge in [0.2, 0.25) is 0 Å². The number of terminal acetylenes is 1. The molecule has 0 spiro atoms. The fourth-order valence-corrected chi connectivity index (χ4v) is 2.74. The first-order valence-corrected chi connectivity index (χ1v) is 7.25. The van der Waals surface area contributed by atoms with E-state index in [-0.39, 0.29) is 11.3 Å². The minimum atomic E-state index is -1.13. The standard InChI is InChI=1S/C13H12Br2N2O3/c1-2-3-4-5-16-13(20)17-11-9(12(18)19)6-8(14)7-10(11)15/h1,6-7H,3-5H2,(H,18,19)(H2,16,17,20). The third-order valence-electron chi connectivity index (χ3n) is 2.31. The average Bonchev–Trinajstić information content (AvgIpc) is 2.37. The van der Waals surface area contributed by atoms with Gasteiger partial charge in [-0.15, -0.1) is 12.3 Å². The summed E-state index contributed by atoms with van der Waals surface area (Å²) >= 11 is 6.43. The fraction of sp³-hybridized carbons (Fsp3) is 0.231. The zero-order valence-corrected chi connectivity index (χ0v) is 13.5. The number of benzene rings is 1. The van der Waals surface area contributed by atoms with Gasteiger partial charge in [-0.2, -0.15) is 0 Å². The highest BCUT2D eigenvalue weighted by Crippen LogP contribution is 2.30. The quantitative estimate of drug-likeness (QED) is 0.520. The number of amides is 2. The molecule has 0 saturated heterocycles. The van der Waals surface area contributed by atoms with Gasteiger partial charge in [0.25, 0.3) is 0 Å². The Kier molecular flexibility index (Phi) is 6.55. The van der Waals surface area contributed by atoms with Crippen molar-refractivity contribution >= 4 is 49.5 Å². The van der Waals surface area contributed by atoms with Crippen molar-refractivity contribution in [1.29, 1.82) is 0 Å². The normalized spacial score (nSPS) is 9.65. The molecule has 20 heavy (non-hydrogen) atoms. The lowest BCUT2D eigenvalue weighted by molar-refractivity contribution is 0.0698. The van der Waals surface area contributed by atoms with Crippen molar-refractivity contribution in [1.82, 2.24) is 5.32 Å². The molecule has 0 unspecified atom stereocenters. The van der Waals surface area contributed by atoms with Crippen molar-refractivity contribution in [2.24, 2.45) is 0 Å². The third kappa shape index (κ3) is 4.87. The van der Waals surface area contributed by atoms with Gasteiger partial charge in [-0.25, -0.2) is 9.59 Å². The van der Waals surface area contributed by atoms with Crippen molar-refractivity contribution < 1.29 is 14.7 Å². The number of carboxylic acids is 1. The molecule has 3 N–H and O–H groups in total. The minimum absolute atomic E-state index is 0.00924. The van der Waals surface area contributed by atoms with Crippen molar-refractivity contribution in [2.75, 3.05) is 11.9 Å². The monoisotopic (exact) mass is 402 g/mol. The highest BCUT2D eigenvalue weighted by molar-refractivity contribution is 9.11. The van der Waals surface area contributed by atoms with E-state index in [4.69, 9.17) is 11.5 Å². The summed E-state index contributed by atoms with van der Waals surface area (Å²) in [6.07, 6.45) is 6.34. The Morgan fingerprint density at radius 3 is 2.65 bits per heavy atom. The maximum Gasteiger partial charge on any atom is 0.337 e. The van der Waals surface area contributed by atoms with Crippen LogP contribution in [0.5, 0.6) is 0 Å². The molecule has 5 nitrogen and oxygen atoms in total. The van der Waals surface area contributed by atoms with E-state index < -0.39 is 12.0 Å². The van der Waals surface area contributed by atoms with E-state index in [2.05, 4.69) is 48.4 Å². The molecule has 2 amide bonds. The number of rotatable bonds is 5. The molecule has 0 heterocycles. The van der Waals surface area contributed by atoms with Crippen LogP contribution in [0.25, 0.3) is 0 Å². The van der Waals surface area contributed by atoms with Crippen molar-refractivity contribution in [3.8, 4) is 12.3 Å². The highest BCUT2D eigenvalue weighted by atomic mass is 79.9. The number of carbonyl (C=O) groups excluding carboxylic acids is 1. The fourth-order valence-electron chi connectivity index (χ4n) is 1.42. The van der Waals surface area contributed by atoms with E-state index in [0.29, 0.717) is 28.3 Å². The second kappa shape index (κ2) is 7.92. The molecule has 0 radical (unpaired) electrons. The van der Waals surface area contributed by atoms with Crippen LogP contribution in [0.2, 0.25) is 0 Å². The Balaban J connectivity index is 2.79. The zero-order valence-electron chi connectivity index (χ0n) is 10.4. The van der Waals surface area contributed by atoms with Crippen LogP contribution in [0.15, 0.2) is 21.1 Å². The van der Waals surface area contributed by atoms with Gasteiger partial charge in [0, 0.05) is 21.9 Å². The zero-order chi connectivity index (χ0) is 15.1. The highest BCUT2D eigenvalue weighted by Gasteiger charge is 2.16. The van der Waals surface area contributed by atoms with Crippen LogP contribution in [0.1, 0.15) is 23.2 Å². The Bertz CT molecular complexity index is 567. The first-order valence-electron chi connectivity index (χ1n) is 5.66. The van der Waals surface area contributed by atoms with Crippen molar-refractivity contribution in [2.45, 2.75) is 12.8 Å². The molecule has 0 bridgehead atoms. The molecule has 1 aromatic carbocycles. The minimum Gasteiger partial charge on any atom is -0.478 e. The van der Waals surface area contributed by atoms with Gasteiger partial charge in [0.1, 0.15) is 0 Å². The maximum atomic E-state index is 11.7. The van der Waals surface area contributed by atoms with Crippen LogP contribution < -0.4 is 10.6 Å². The summed E-state index contributed by atoms with van der Waals surface area (Å²) in [5, 5.41) is 14.3. The summed E-state index contributed by atoms with van der Waals surface area (Å²) in [6.45, 7) is 0.423. The van der Waals surface area contributed by atoms with E-state index >= 15 is 0 Å². The SMILES string of the molecule is C#CCCCNC(=O)Nc1c(Br)cc(Br)cc1C(=O)O. The topological polar surface area (TPSA) is 78.4 Å². The lowest BCUT2D eigenvalue weighted by atomic mass is 10.2. The van der Waals surface area contributed by atoms with Gasteiger partial charge in [0.15, 0.2) is 0 Å². The molecule has 0 aliphatic rings. The Morgan fingerprint density at radius 1 is 1.35 bits per heavy atom. The largest absolute Gasteiger partial charge is 0.478 e. The number of anilines is 1. The first kappa shape index (κ1) is 16.5. The van der Waals surface area contributed by atoms with Crippen LogP contribution in [0, 0.1) is 12.3 Å². The number of carboxylic acid groups (broad SMARTS) is 1. The second-order valence-electron chi connectivity index (χ2n) is 3.80. The van der Waals surface area contributed by atoms with E-state index in [0.717, 1.165) is 0 Å². The molecule has 0 atom stereocenters. The maximum absolute atomic E-state index is 11.7. The van der Waals surface area contributed by atoms with E-state index in [9.17, 15) is 9.59 Å². The molecule has 106 valence electrons. The summed E-state index contributed by atoms with van der Waals surface area (Å²) < 4.78 is 1.07. The number of carbonyl (C=O) groups is 2. The smallest absolute Gasteiger partial charge is 0.337 e. The van der Waals surface area contributed by atoms with Gasteiger partial charge < -0.3 is 15.7 Å². The second-order valence-corrected chi connectivity index (χ2v) is 5.57. The number of nitrogens with one attached hydrogen (secondary N) is 2. The van der Waals surface area contributed by atoms with Crippen LogP contribution >= 0.6 is 31.9 Å². The van der Waals surface area contributed by atoms with E-state index in [1.165, 1.54) is 6.07 Å². The summed E-state index contributed by atoms with van der Waals surface area (Å²) in [6, 6.07) is 2.59.